The van der Waals surface area contributed by atoms with Crippen LogP contribution in [0.2, 0.25) is 0 Å². The predicted octanol–water partition coefficient (Wildman–Crippen LogP) is 3.55. The molecule has 0 atom stereocenters. The van der Waals surface area contributed by atoms with Crippen molar-refractivity contribution in [3.8, 4) is 0 Å². The Morgan fingerprint density at radius 2 is 1.82 bits per heavy atom. The standard InChI is InChI=1S/C14H19F2N/c1-13(2)8-9-17(11-14(13,15)16)10-12-6-4-3-5-7-12/h3-7H,8-11H2,1-2H3. The van der Waals surface area contributed by atoms with E-state index in [9.17, 15) is 8.78 Å². The van der Waals surface area contributed by atoms with Crippen LogP contribution >= 0.6 is 0 Å². The number of likely N-dealkylation sites (tertiary alicyclic amines) is 1. The molecular weight excluding hydrogens is 220 g/mol. The molecule has 0 unspecified atom stereocenters. The van der Waals surface area contributed by atoms with Gasteiger partial charge in [0.05, 0.1) is 6.54 Å². The minimum atomic E-state index is -2.60. The minimum absolute atomic E-state index is 0.130. The topological polar surface area (TPSA) is 3.24 Å². The summed E-state index contributed by atoms with van der Waals surface area (Å²) in [5, 5.41) is 0. The van der Waals surface area contributed by atoms with E-state index in [1.807, 2.05) is 35.2 Å². The zero-order valence-corrected chi connectivity index (χ0v) is 10.4. The lowest BCUT2D eigenvalue weighted by Crippen LogP contribution is -2.52. The fourth-order valence-electron chi connectivity index (χ4n) is 2.17. The van der Waals surface area contributed by atoms with E-state index < -0.39 is 11.3 Å². The van der Waals surface area contributed by atoms with Gasteiger partial charge in [0.25, 0.3) is 5.92 Å². The molecule has 0 amide bonds. The smallest absolute Gasteiger partial charge is 0.265 e. The first-order chi connectivity index (χ1) is 7.91. The number of alkyl halides is 2. The van der Waals surface area contributed by atoms with E-state index in [1.54, 1.807) is 13.8 Å². The quantitative estimate of drug-likeness (QED) is 0.762. The number of hydrogen-bond donors (Lipinski definition) is 0. The highest BCUT2D eigenvalue weighted by atomic mass is 19.3. The second-order valence-electron chi connectivity index (χ2n) is 5.53. The van der Waals surface area contributed by atoms with Gasteiger partial charge < -0.3 is 0 Å². The zero-order chi connectivity index (χ0) is 12.5. The maximum absolute atomic E-state index is 13.9. The molecule has 0 spiro atoms. The van der Waals surface area contributed by atoms with Crippen molar-refractivity contribution in [3.05, 3.63) is 35.9 Å². The van der Waals surface area contributed by atoms with Gasteiger partial charge in [0.1, 0.15) is 0 Å². The number of hydrogen-bond acceptors (Lipinski definition) is 1. The van der Waals surface area contributed by atoms with E-state index in [0.29, 0.717) is 13.0 Å². The van der Waals surface area contributed by atoms with E-state index in [4.69, 9.17) is 0 Å². The fraction of sp³-hybridized carbons (Fsp3) is 0.571. The predicted molar refractivity (Wildman–Crippen MR) is 65.1 cm³/mol. The van der Waals surface area contributed by atoms with Crippen molar-refractivity contribution >= 4 is 0 Å². The van der Waals surface area contributed by atoms with Gasteiger partial charge in [-0.2, -0.15) is 0 Å². The summed E-state index contributed by atoms with van der Waals surface area (Å²) < 4.78 is 27.8. The molecule has 1 fully saturated rings. The SMILES string of the molecule is CC1(C)CCN(Cc2ccccc2)CC1(F)F. The molecule has 17 heavy (non-hydrogen) atoms. The van der Waals surface area contributed by atoms with Crippen molar-refractivity contribution in [2.45, 2.75) is 32.7 Å². The summed E-state index contributed by atoms with van der Waals surface area (Å²) in [6.45, 7) is 4.55. The Morgan fingerprint density at radius 1 is 1.18 bits per heavy atom. The molecule has 0 aromatic heterocycles. The summed E-state index contributed by atoms with van der Waals surface area (Å²) in [5.41, 5.74) is 0.225. The van der Waals surface area contributed by atoms with Crippen LogP contribution in [0.1, 0.15) is 25.8 Å². The maximum atomic E-state index is 13.9. The van der Waals surface area contributed by atoms with Gasteiger partial charge in [0.15, 0.2) is 0 Å². The van der Waals surface area contributed by atoms with Crippen LogP contribution in [-0.2, 0) is 6.54 Å². The summed E-state index contributed by atoms with van der Waals surface area (Å²) >= 11 is 0. The summed E-state index contributed by atoms with van der Waals surface area (Å²) in [6, 6.07) is 9.80. The molecule has 1 heterocycles. The van der Waals surface area contributed by atoms with Crippen molar-refractivity contribution in [2.24, 2.45) is 5.41 Å². The first kappa shape index (κ1) is 12.5. The largest absolute Gasteiger partial charge is 0.293 e. The maximum Gasteiger partial charge on any atom is 0.265 e. The molecule has 0 aliphatic carbocycles. The normalized spacial score (nSPS) is 23.5. The van der Waals surface area contributed by atoms with Crippen LogP contribution in [0, 0.1) is 5.41 Å². The van der Waals surface area contributed by atoms with Gasteiger partial charge in [-0.3, -0.25) is 4.90 Å². The van der Waals surface area contributed by atoms with Crippen LogP contribution in [0.3, 0.4) is 0 Å². The Bertz CT molecular complexity index is 373. The monoisotopic (exact) mass is 239 g/mol. The fourth-order valence-corrected chi connectivity index (χ4v) is 2.17. The second-order valence-corrected chi connectivity index (χ2v) is 5.53. The molecule has 1 aromatic carbocycles. The summed E-state index contributed by atoms with van der Waals surface area (Å²) in [7, 11) is 0. The number of benzene rings is 1. The molecule has 0 saturated carbocycles. The van der Waals surface area contributed by atoms with Gasteiger partial charge in [0, 0.05) is 12.0 Å². The lowest BCUT2D eigenvalue weighted by molar-refractivity contribution is -0.154. The van der Waals surface area contributed by atoms with Crippen LogP contribution in [0.4, 0.5) is 8.78 Å². The van der Waals surface area contributed by atoms with E-state index >= 15 is 0 Å². The molecule has 1 nitrogen and oxygen atoms in total. The molecule has 94 valence electrons. The number of halogens is 2. The number of rotatable bonds is 2. The lowest BCUT2D eigenvalue weighted by Gasteiger charge is -2.43. The first-order valence-electron chi connectivity index (χ1n) is 6.05. The molecule has 0 N–H and O–H groups in total. The molecule has 1 aliphatic rings. The second kappa shape index (κ2) is 4.37. The average molecular weight is 239 g/mol. The van der Waals surface area contributed by atoms with Crippen molar-refractivity contribution in [1.82, 2.24) is 4.90 Å². The Balaban J connectivity index is 2.02. The van der Waals surface area contributed by atoms with Gasteiger partial charge in [-0.25, -0.2) is 8.78 Å². The first-order valence-corrected chi connectivity index (χ1v) is 6.05. The van der Waals surface area contributed by atoms with Crippen LogP contribution in [-0.4, -0.2) is 23.9 Å². The van der Waals surface area contributed by atoms with Crippen LogP contribution in [0.15, 0.2) is 30.3 Å². The van der Waals surface area contributed by atoms with Gasteiger partial charge in [0.2, 0.25) is 0 Å². The third kappa shape index (κ3) is 2.65. The Labute approximate surface area is 101 Å². The molecule has 3 heteroatoms. The highest BCUT2D eigenvalue weighted by Crippen LogP contribution is 2.43. The van der Waals surface area contributed by atoms with Crippen molar-refractivity contribution in [3.63, 3.8) is 0 Å². The molecule has 0 bridgehead atoms. The average Bonchev–Trinajstić information content (AvgIpc) is 2.25. The van der Waals surface area contributed by atoms with E-state index in [-0.39, 0.29) is 6.54 Å². The van der Waals surface area contributed by atoms with E-state index in [1.165, 1.54) is 0 Å². The van der Waals surface area contributed by atoms with Gasteiger partial charge in [-0.1, -0.05) is 44.2 Å². The highest BCUT2D eigenvalue weighted by molar-refractivity contribution is 5.14. The number of nitrogens with zero attached hydrogens (tertiary/aromatic N) is 1. The van der Waals surface area contributed by atoms with E-state index in [0.717, 1.165) is 12.1 Å². The van der Waals surface area contributed by atoms with Gasteiger partial charge in [-0.05, 0) is 18.5 Å². The Morgan fingerprint density at radius 3 is 2.41 bits per heavy atom. The van der Waals surface area contributed by atoms with Gasteiger partial charge >= 0.3 is 0 Å². The molecule has 2 rings (SSSR count). The number of piperidine rings is 1. The van der Waals surface area contributed by atoms with Crippen LogP contribution < -0.4 is 0 Å². The molecule has 1 aromatic rings. The highest BCUT2D eigenvalue weighted by Gasteiger charge is 2.50. The molecule has 0 radical (unpaired) electrons. The molecule has 1 saturated heterocycles. The van der Waals surface area contributed by atoms with Gasteiger partial charge in [-0.15, -0.1) is 0 Å². The third-order valence-corrected chi connectivity index (χ3v) is 3.71. The minimum Gasteiger partial charge on any atom is -0.293 e. The summed E-state index contributed by atoms with van der Waals surface area (Å²) in [5.74, 6) is -2.60. The lowest BCUT2D eigenvalue weighted by atomic mass is 9.79. The van der Waals surface area contributed by atoms with Crippen LogP contribution in [0.25, 0.3) is 0 Å². The van der Waals surface area contributed by atoms with E-state index in [2.05, 4.69) is 0 Å². The summed E-state index contributed by atoms with van der Waals surface area (Å²) in [6.07, 6.45) is 0.548. The molecule has 1 aliphatic heterocycles. The van der Waals surface area contributed by atoms with Crippen molar-refractivity contribution < 1.29 is 8.78 Å². The van der Waals surface area contributed by atoms with Crippen LogP contribution in [0.5, 0.6) is 0 Å². The third-order valence-electron chi connectivity index (χ3n) is 3.71. The Kier molecular flexibility index (Phi) is 3.21. The zero-order valence-electron chi connectivity index (χ0n) is 10.4. The molecular formula is C14H19F2N. The Hall–Kier alpha value is -0.960. The van der Waals surface area contributed by atoms with Crippen molar-refractivity contribution in [2.75, 3.05) is 13.1 Å². The summed E-state index contributed by atoms with van der Waals surface area (Å²) in [4.78, 5) is 1.85. The van der Waals surface area contributed by atoms with Crippen molar-refractivity contribution in [1.29, 1.82) is 0 Å².